The number of hydrogen-bond acceptors (Lipinski definition) is 3. The number of rotatable bonds is 1. The normalized spacial score (nSPS) is 10.8. The molecule has 0 atom stereocenters. The van der Waals surface area contributed by atoms with Gasteiger partial charge in [0, 0.05) is 0 Å². The first kappa shape index (κ1) is 11.5. The highest BCUT2D eigenvalue weighted by Crippen LogP contribution is 2.24. The summed E-state index contributed by atoms with van der Waals surface area (Å²) in [7, 11) is 0. The van der Waals surface area contributed by atoms with E-state index in [0.717, 1.165) is 11.1 Å². The molecule has 1 aromatic heterocycles. The summed E-state index contributed by atoms with van der Waals surface area (Å²) in [6, 6.07) is 12.5. The third-order valence-electron chi connectivity index (χ3n) is 3.03. The standard InChI is InChI=1S/C15H12N2O2/c1-9-16-14-8-11(4-7-13(14)15(19)17-9)10-2-5-12(18)6-3-10/h2-8,18H,1H3,(H,16,17,19). The van der Waals surface area contributed by atoms with Crippen molar-refractivity contribution >= 4 is 10.9 Å². The van der Waals surface area contributed by atoms with E-state index < -0.39 is 0 Å². The third-order valence-corrected chi connectivity index (χ3v) is 3.03. The lowest BCUT2D eigenvalue weighted by molar-refractivity contribution is 0.475. The number of aryl methyl sites for hydroxylation is 1. The van der Waals surface area contributed by atoms with Crippen LogP contribution in [0.25, 0.3) is 22.0 Å². The molecular formula is C15H12N2O2. The molecule has 0 bridgehead atoms. The molecule has 0 unspecified atom stereocenters. The number of hydrogen-bond donors (Lipinski definition) is 2. The van der Waals surface area contributed by atoms with Crippen molar-refractivity contribution in [3.8, 4) is 16.9 Å². The Labute approximate surface area is 109 Å². The van der Waals surface area contributed by atoms with Gasteiger partial charge in [0.1, 0.15) is 11.6 Å². The SMILES string of the molecule is Cc1nc2cc(-c3ccc(O)cc3)ccc2c(=O)[nH]1. The van der Waals surface area contributed by atoms with Crippen molar-refractivity contribution in [2.45, 2.75) is 6.92 Å². The topological polar surface area (TPSA) is 66.0 Å². The summed E-state index contributed by atoms with van der Waals surface area (Å²) in [5, 5.41) is 9.87. The summed E-state index contributed by atoms with van der Waals surface area (Å²) in [6.45, 7) is 1.76. The van der Waals surface area contributed by atoms with Crippen molar-refractivity contribution in [1.29, 1.82) is 0 Å². The summed E-state index contributed by atoms with van der Waals surface area (Å²) >= 11 is 0. The molecule has 0 spiro atoms. The van der Waals surface area contributed by atoms with Crippen molar-refractivity contribution in [3.63, 3.8) is 0 Å². The van der Waals surface area contributed by atoms with Crippen molar-refractivity contribution < 1.29 is 5.11 Å². The average Bonchev–Trinajstić information content (AvgIpc) is 2.38. The average molecular weight is 252 g/mol. The molecule has 0 amide bonds. The highest BCUT2D eigenvalue weighted by atomic mass is 16.3. The van der Waals surface area contributed by atoms with Crippen molar-refractivity contribution in [3.05, 3.63) is 58.6 Å². The zero-order valence-electron chi connectivity index (χ0n) is 10.3. The van der Waals surface area contributed by atoms with Crippen LogP contribution in [-0.4, -0.2) is 15.1 Å². The molecule has 4 heteroatoms. The fourth-order valence-electron chi connectivity index (χ4n) is 2.09. The quantitative estimate of drug-likeness (QED) is 0.699. The number of benzene rings is 2. The summed E-state index contributed by atoms with van der Waals surface area (Å²) in [4.78, 5) is 18.8. The molecule has 0 fully saturated rings. The zero-order valence-corrected chi connectivity index (χ0v) is 10.3. The van der Waals surface area contributed by atoms with Gasteiger partial charge in [-0.1, -0.05) is 18.2 Å². The Hall–Kier alpha value is -2.62. The van der Waals surface area contributed by atoms with Crippen LogP contribution >= 0.6 is 0 Å². The van der Waals surface area contributed by atoms with Crippen LogP contribution in [0.15, 0.2) is 47.3 Å². The van der Waals surface area contributed by atoms with Crippen molar-refractivity contribution in [1.82, 2.24) is 9.97 Å². The fourth-order valence-corrected chi connectivity index (χ4v) is 2.09. The predicted octanol–water partition coefficient (Wildman–Crippen LogP) is 2.60. The number of fused-ring (bicyclic) bond motifs is 1. The number of aromatic hydroxyl groups is 1. The van der Waals surface area contributed by atoms with Gasteiger partial charge in [0.2, 0.25) is 0 Å². The van der Waals surface area contributed by atoms with Crippen LogP contribution in [0.4, 0.5) is 0 Å². The molecule has 2 aromatic carbocycles. The molecule has 1 heterocycles. The molecule has 3 aromatic rings. The van der Waals surface area contributed by atoms with E-state index in [2.05, 4.69) is 9.97 Å². The minimum absolute atomic E-state index is 0.125. The maximum absolute atomic E-state index is 11.8. The van der Waals surface area contributed by atoms with E-state index in [0.29, 0.717) is 16.7 Å². The van der Waals surface area contributed by atoms with Gasteiger partial charge >= 0.3 is 0 Å². The van der Waals surface area contributed by atoms with E-state index in [1.165, 1.54) is 0 Å². The van der Waals surface area contributed by atoms with Crippen LogP contribution in [0, 0.1) is 6.92 Å². The van der Waals surface area contributed by atoms with Gasteiger partial charge in [-0.2, -0.15) is 0 Å². The Morgan fingerprint density at radius 3 is 2.47 bits per heavy atom. The Morgan fingerprint density at radius 2 is 1.74 bits per heavy atom. The first-order valence-corrected chi connectivity index (χ1v) is 5.93. The molecular weight excluding hydrogens is 240 g/mol. The Balaban J connectivity index is 2.21. The highest BCUT2D eigenvalue weighted by molar-refractivity contribution is 5.83. The van der Waals surface area contributed by atoms with Gasteiger partial charge in [0.15, 0.2) is 0 Å². The predicted molar refractivity (Wildman–Crippen MR) is 74.2 cm³/mol. The lowest BCUT2D eigenvalue weighted by atomic mass is 10.0. The summed E-state index contributed by atoms with van der Waals surface area (Å²) < 4.78 is 0. The molecule has 3 rings (SSSR count). The summed E-state index contributed by atoms with van der Waals surface area (Å²) in [6.07, 6.45) is 0. The number of aromatic nitrogens is 2. The van der Waals surface area contributed by atoms with E-state index >= 15 is 0 Å². The molecule has 0 saturated carbocycles. The van der Waals surface area contributed by atoms with E-state index in [1.807, 2.05) is 24.3 Å². The van der Waals surface area contributed by atoms with E-state index in [4.69, 9.17) is 0 Å². The zero-order chi connectivity index (χ0) is 13.4. The molecule has 94 valence electrons. The number of aromatic amines is 1. The first-order chi connectivity index (χ1) is 9.13. The molecule has 0 aliphatic rings. The molecule has 0 radical (unpaired) electrons. The molecule has 0 saturated heterocycles. The van der Waals surface area contributed by atoms with Crippen LogP contribution in [-0.2, 0) is 0 Å². The van der Waals surface area contributed by atoms with Gasteiger partial charge in [0.25, 0.3) is 5.56 Å². The second kappa shape index (κ2) is 4.24. The Bertz CT molecular complexity index is 804. The lowest BCUT2D eigenvalue weighted by Gasteiger charge is -2.04. The minimum atomic E-state index is -0.125. The molecule has 19 heavy (non-hydrogen) atoms. The van der Waals surface area contributed by atoms with Gasteiger partial charge in [-0.25, -0.2) is 4.98 Å². The largest absolute Gasteiger partial charge is 0.508 e. The number of nitrogens with one attached hydrogen (secondary N) is 1. The van der Waals surface area contributed by atoms with Gasteiger partial charge in [-0.05, 0) is 42.3 Å². The van der Waals surface area contributed by atoms with Crippen molar-refractivity contribution in [2.75, 3.05) is 0 Å². The Morgan fingerprint density at radius 1 is 1.05 bits per heavy atom. The van der Waals surface area contributed by atoms with E-state index in [-0.39, 0.29) is 11.3 Å². The van der Waals surface area contributed by atoms with Gasteiger partial charge in [-0.3, -0.25) is 4.79 Å². The first-order valence-electron chi connectivity index (χ1n) is 5.93. The second-order valence-corrected chi connectivity index (χ2v) is 4.43. The van der Waals surface area contributed by atoms with Crippen LogP contribution in [0.3, 0.4) is 0 Å². The van der Waals surface area contributed by atoms with Crippen LogP contribution in [0.5, 0.6) is 5.75 Å². The minimum Gasteiger partial charge on any atom is -0.508 e. The van der Waals surface area contributed by atoms with E-state index in [9.17, 15) is 9.90 Å². The Kier molecular flexibility index (Phi) is 2.56. The maximum atomic E-state index is 11.8. The monoisotopic (exact) mass is 252 g/mol. The van der Waals surface area contributed by atoms with Gasteiger partial charge in [-0.15, -0.1) is 0 Å². The molecule has 0 aliphatic carbocycles. The van der Waals surface area contributed by atoms with Crippen LogP contribution in [0.2, 0.25) is 0 Å². The summed E-state index contributed by atoms with van der Waals surface area (Å²) in [5.74, 6) is 0.829. The molecule has 2 N–H and O–H groups in total. The number of phenols is 1. The lowest BCUT2D eigenvalue weighted by Crippen LogP contribution is -2.09. The van der Waals surface area contributed by atoms with E-state index in [1.54, 1.807) is 25.1 Å². The summed E-state index contributed by atoms with van der Waals surface area (Å²) in [5.41, 5.74) is 2.48. The molecule has 0 aliphatic heterocycles. The fraction of sp³-hybridized carbons (Fsp3) is 0.0667. The van der Waals surface area contributed by atoms with Crippen LogP contribution in [0.1, 0.15) is 5.82 Å². The van der Waals surface area contributed by atoms with Crippen LogP contribution < -0.4 is 5.56 Å². The number of H-pyrrole nitrogens is 1. The van der Waals surface area contributed by atoms with Crippen molar-refractivity contribution in [2.24, 2.45) is 0 Å². The maximum Gasteiger partial charge on any atom is 0.258 e. The highest BCUT2D eigenvalue weighted by Gasteiger charge is 2.04. The third kappa shape index (κ3) is 2.08. The second-order valence-electron chi connectivity index (χ2n) is 4.43. The number of nitrogens with zero attached hydrogens (tertiary/aromatic N) is 1. The molecule has 4 nitrogen and oxygen atoms in total. The smallest absolute Gasteiger partial charge is 0.258 e. The van der Waals surface area contributed by atoms with Gasteiger partial charge in [0.05, 0.1) is 10.9 Å². The van der Waals surface area contributed by atoms with Gasteiger partial charge < -0.3 is 10.1 Å². The number of phenolic OH excluding ortho intramolecular Hbond substituents is 1.